The van der Waals surface area contributed by atoms with Gasteiger partial charge >= 0.3 is 5.69 Å². The van der Waals surface area contributed by atoms with E-state index in [0.717, 1.165) is 17.7 Å². The minimum Gasteiger partial charge on any atom is -0.507 e. The third kappa shape index (κ3) is 3.34. The number of aromatic nitrogens is 4. The van der Waals surface area contributed by atoms with Crippen LogP contribution in [0.5, 0.6) is 5.75 Å². The van der Waals surface area contributed by atoms with Crippen LogP contribution < -0.4 is 5.69 Å². The molecular weight excluding hydrogens is 402 g/mol. The molecule has 4 rings (SSSR count). The van der Waals surface area contributed by atoms with E-state index in [1.807, 2.05) is 20.8 Å². The number of halogens is 2. The lowest BCUT2D eigenvalue weighted by molar-refractivity contribution is 0.470. The summed E-state index contributed by atoms with van der Waals surface area (Å²) in [4.78, 5) is 25.8. The summed E-state index contributed by atoms with van der Waals surface area (Å²) in [5, 5.41) is 10.5. The molecule has 8 heteroatoms. The van der Waals surface area contributed by atoms with Gasteiger partial charge in [-0.1, -0.05) is 19.9 Å². The number of rotatable bonds is 3. The van der Waals surface area contributed by atoms with E-state index in [4.69, 9.17) is 0 Å². The zero-order chi connectivity index (χ0) is 22.4. The van der Waals surface area contributed by atoms with E-state index in [1.165, 1.54) is 16.7 Å². The van der Waals surface area contributed by atoms with Crippen molar-refractivity contribution in [3.8, 4) is 22.7 Å². The quantitative estimate of drug-likeness (QED) is 0.523. The molecule has 0 bridgehead atoms. The highest BCUT2D eigenvalue weighted by molar-refractivity contribution is 5.83. The van der Waals surface area contributed by atoms with Gasteiger partial charge in [-0.2, -0.15) is 4.98 Å². The summed E-state index contributed by atoms with van der Waals surface area (Å²) in [6.45, 7) is 7.29. The van der Waals surface area contributed by atoms with Gasteiger partial charge in [0.2, 0.25) is 0 Å². The Morgan fingerprint density at radius 1 is 1.06 bits per heavy atom. The van der Waals surface area contributed by atoms with Gasteiger partial charge in [0.15, 0.2) is 11.5 Å². The van der Waals surface area contributed by atoms with E-state index in [1.54, 1.807) is 19.2 Å². The Morgan fingerprint density at radius 2 is 1.81 bits per heavy atom. The van der Waals surface area contributed by atoms with Crippen LogP contribution in [-0.4, -0.2) is 24.6 Å². The van der Waals surface area contributed by atoms with Crippen molar-refractivity contribution < 1.29 is 13.9 Å². The summed E-state index contributed by atoms with van der Waals surface area (Å²) < 4.78 is 30.8. The molecule has 3 heterocycles. The molecule has 0 aliphatic heterocycles. The predicted octanol–water partition coefficient (Wildman–Crippen LogP) is 4.57. The molecular formula is C23H20F2N4O2. The number of phenolic OH excluding ortho intramolecular Hbond substituents is 1. The fourth-order valence-electron chi connectivity index (χ4n) is 3.67. The maximum atomic E-state index is 15.0. The summed E-state index contributed by atoms with van der Waals surface area (Å²) in [5.41, 5.74) is 0.934. The second-order valence-electron chi connectivity index (χ2n) is 7.66. The second kappa shape index (κ2) is 7.54. The Bertz CT molecular complexity index is 1380. The van der Waals surface area contributed by atoms with E-state index in [2.05, 4.69) is 15.0 Å². The molecule has 0 fully saturated rings. The smallest absolute Gasteiger partial charge is 0.354 e. The molecule has 4 aromatic rings. The number of benzene rings is 1. The Hall–Kier alpha value is -3.68. The van der Waals surface area contributed by atoms with Crippen LogP contribution in [0.3, 0.4) is 0 Å². The van der Waals surface area contributed by atoms with Crippen molar-refractivity contribution in [2.75, 3.05) is 0 Å². The maximum Gasteiger partial charge on any atom is 0.354 e. The molecule has 0 saturated heterocycles. The first kappa shape index (κ1) is 20.6. The van der Waals surface area contributed by atoms with Crippen molar-refractivity contribution >= 4 is 11.0 Å². The lowest BCUT2D eigenvalue weighted by Gasteiger charge is -2.18. The highest BCUT2D eigenvalue weighted by Crippen LogP contribution is 2.34. The molecule has 0 aliphatic carbocycles. The molecule has 0 spiro atoms. The number of phenols is 1. The highest BCUT2D eigenvalue weighted by atomic mass is 19.1. The van der Waals surface area contributed by atoms with Crippen molar-refractivity contribution in [1.82, 2.24) is 19.5 Å². The SMILES string of the molecule is Cc1ccnc(C(C)C)c1-n1c(=O)nc(C)c2cc(F)c(-c3c(O)cccc3F)nc21. The normalized spacial score (nSPS) is 11.5. The van der Waals surface area contributed by atoms with Crippen molar-refractivity contribution in [2.45, 2.75) is 33.6 Å². The first-order valence-electron chi connectivity index (χ1n) is 9.74. The third-order valence-electron chi connectivity index (χ3n) is 5.17. The van der Waals surface area contributed by atoms with Gasteiger partial charge in [0.05, 0.1) is 22.6 Å². The fourth-order valence-corrected chi connectivity index (χ4v) is 3.67. The van der Waals surface area contributed by atoms with Crippen molar-refractivity contribution in [3.63, 3.8) is 0 Å². The summed E-state index contributed by atoms with van der Waals surface area (Å²) in [5.74, 6) is -2.14. The highest BCUT2D eigenvalue weighted by Gasteiger charge is 2.23. The number of hydrogen-bond donors (Lipinski definition) is 1. The van der Waals surface area contributed by atoms with Crippen molar-refractivity contribution in [2.24, 2.45) is 0 Å². The van der Waals surface area contributed by atoms with Gasteiger partial charge in [-0.25, -0.2) is 23.1 Å². The van der Waals surface area contributed by atoms with Crippen LogP contribution in [0.25, 0.3) is 28.0 Å². The molecule has 0 atom stereocenters. The summed E-state index contributed by atoms with van der Waals surface area (Å²) in [6, 6.07) is 6.57. The minimum absolute atomic E-state index is 0.0197. The molecule has 0 amide bonds. The summed E-state index contributed by atoms with van der Waals surface area (Å²) in [6.07, 6.45) is 1.65. The van der Waals surface area contributed by atoms with E-state index in [9.17, 15) is 18.7 Å². The molecule has 31 heavy (non-hydrogen) atoms. The number of aromatic hydroxyl groups is 1. The molecule has 6 nitrogen and oxygen atoms in total. The van der Waals surface area contributed by atoms with Gasteiger partial charge in [0, 0.05) is 11.6 Å². The van der Waals surface area contributed by atoms with Gasteiger partial charge in [0.25, 0.3) is 0 Å². The summed E-state index contributed by atoms with van der Waals surface area (Å²) in [7, 11) is 0. The van der Waals surface area contributed by atoms with Crippen molar-refractivity contribution in [3.05, 3.63) is 75.6 Å². The molecule has 0 unspecified atom stereocenters. The third-order valence-corrected chi connectivity index (χ3v) is 5.17. The Morgan fingerprint density at radius 3 is 2.48 bits per heavy atom. The minimum atomic E-state index is -0.838. The van der Waals surface area contributed by atoms with E-state index < -0.39 is 28.8 Å². The van der Waals surface area contributed by atoms with Crippen molar-refractivity contribution in [1.29, 1.82) is 0 Å². The van der Waals surface area contributed by atoms with Gasteiger partial charge < -0.3 is 5.11 Å². The van der Waals surface area contributed by atoms with Gasteiger partial charge in [-0.15, -0.1) is 0 Å². The molecule has 0 saturated carbocycles. The monoisotopic (exact) mass is 422 g/mol. The Labute approximate surface area is 176 Å². The van der Waals surface area contributed by atoms with Crippen LogP contribution in [-0.2, 0) is 0 Å². The van der Waals surface area contributed by atoms with Gasteiger partial charge in [0.1, 0.15) is 17.3 Å². The molecule has 1 N–H and O–H groups in total. The maximum absolute atomic E-state index is 15.0. The Balaban J connectivity index is 2.18. The van der Waals surface area contributed by atoms with E-state index in [-0.39, 0.29) is 17.1 Å². The number of fused-ring (bicyclic) bond motifs is 1. The molecule has 1 aromatic carbocycles. The predicted molar refractivity (Wildman–Crippen MR) is 114 cm³/mol. The van der Waals surface area contributed by atoms with Gasteiger partial charge in [-0.05, 0) is 49.6 Å². The van der Waals surface area contributed by atoms with Crippen LogP contribution in [0.1, 0.15) is 36.7 Å². The molecule has 3 aromatic heterocycles. The largest absolute Gasteiger partial charge is 0.507 e. The topological polar surface area (TPSA) is 80.9 Å². The standard InChI is InChI=1S/C23H20F2N4O2/c1-11(2)19-21(12(3)8-9-26-19)29-22-14(13(4)27-23(29)31)10-16(25)20(28-22)18-15(24)6-5-7-17(18)30/h5-11,30H,1-4H3. The Kier molecular flexibility index (Phi) is 5.00. The second-order valence-corrected chi connectivity index (χ2v) is 7.66. The van der Waals surface area contributed by atoms with Crippen LogP contribution in [0, 0.1) is 25.5 Å². The number of aryl methyl sites for hydroxylation is 2. The van der Waals surface area contributed by atoms with Crippen LogP contribution in [0.2, 0.25) is 0 Å². The average Bonchev–Trinajstić information content (AvgIpc) is 2.69. The first-order valence-corrected chi connectivity index (χ1v) is 9.74. The number of hydrogen-bond acceptors (Lipinski definition) is 5. The lowest BCUT2D eigenvalue weighted by Crippen LogP contribution is -2.26. The molecule has 0 aliphatic rings. The molecule has 0 radical (unpaired) electrons. The van der Waals surface area contributed by atoms with Gasteiger partial charge in [-0.3, -0.25) is 4.98 Å². The molecule has 158 valence electrons. The first-order chi connectivity index (χ1) is 14.7. The van der Waals surface area contributed by atoms with E-state index >= 15 is 0 Å². The van der Waals surface area contributed by atoms with Crippen LogP contribution >= 0.6 is 0 Å². The zero-order valence-corrected chi connectivity index (χ0v) is 17.4. The van der Waals surface area contributed by atoms with Crippen LogP contribution in [0.15, 0.2) is 41.3 Å². The summed E-state index contributed by atoms with van der Waals surface area (Å²) >= 11 is 0. The number of nitrogens with zero attached hydrogens (tertiary/aromatic N) is 4. The fraction of sp³-hybridized carbons (Fsp3) is 0.217. The average molecular weight is 422 g/mol. The number of pyridine rings is 2. The van der Waals surface area contributed by atoms with Crippen LogP contribution in [0.4, 0.5) is 8.78 Å². The lowest BCUT2D eigenvalue weighted by atomic mass is 10.0. The van der Waals surface area contributed by atoms with E-state index in [0.29, 0.717) is 22.5 Å². The zero-order valence-electron chi connectivity index (χ0n) is 17.4.